The highest BCUT2D eigenvalue weighted by atomic mass is 19.4. The highest BCUT2D eigenvalue weighted by molar-refractivity contribution is 5.87. The number of nitrogens with two attached hydrogens (primary N) is 1. The van der Waals surface area contributed by atoms with E-state index in [1.165, 1.54) is 24.5 Å². The van der Waals surface area contributed by atoms with Crippen LogP contribution in [0.2, 0.25) is 0 Å². The molecular weight excluding hydrogens is 219 g/mol. The quantitative estimate of drug-likeness (QED) is 0.813. The molecule has 2 rings (SSSR count). The van der Waals surface area contributed by atoms with E-state index < -0.39 is 12.6 Å². The summed E-state index contributed by atoms with van der Waals surface area (Å²) in [4.78, 5) is 7.63. The van der Waals surface area contributed by atoms with E-state index in [1.54, 1.807) is 0 Å². The average Bonchev–Trinajstić information content (AvgIpc) is 2.15. The van der Waals surface area contributed by atoms with E-state index in [4.69, 9.17) is 5.73 Å². The number of hydrogen-bond acceptors (Lipinski definition) is 3. The highest BCUT2D eigenvalue weighted by Crippen LogP contribution is 2.24. The van der Waals surface area contributed by atoms with Crippen molar-refractivity contribution in [1.82, 2.24) is 9.97 Å². The summed E-state index contributed by atoms with van der Waals surface area (Å²) in [6.07, 6.45) is -3.95. The standard InChI is InChI=1S/C10H8F3N3/c11-10(12,13)4-6-1-2-7-8(3-6)15-5-16-9(7)14/h1-3,5H,4H2,(H2,14,15,16). The predicted molar refractivity (Wildman–Crippen MR) is 53.7 cm³/mol. The minimum absolute atomic E-state index is 0.165. The maximum absolute atomic E-state index is 12.2. The number of nitrogens with zero attached hydrogens (tertiary/aromatic N) is 2. The van der Waals surface area contributed by atoms with Crippen LogP contribution in [0.25, 0.3) is 10.9 Å². The van der Waals surface area contributed by atoms with Crippen LogP contribution in [-0.2, 0) is 6.42 Å². The Hall–Kier alpha value is -1.85. The molecule has 0 amide bonds. The Kier molecular flexibility index (Phi) is 2.41. The van der Waals surface area contributed by atoms with Gasteiger partial charge < -0.3 is 5.73 Å². The van der Waals surface area contributed by atoms with Crippen LogP contribution < -0.4 is 5.73 Å². The molecule has 0 fully saturated rings. The topological polar surface area (TPSA) is 51.8 Å². The van der Waals surface area contributed by atoms with Crippen molar-refractivity contribution in [3.8, 4) is 0 Å². The molecule has 6 heteroatoms. The molecule has 16 heavy (non-hydrogen) atoms. The zero-order valence-electron chi connectivity index (χ0n) is 8.12. The maximum atomic E-state index is 12.2. The van der Waals surface area contributed by atoms with E-state index in [0.717, 1.165) is 0 Å². The van der Waals surface area contributed by atoms with Gasteiger partial charge in [0.15, 0.2) is 0 Å². The molecule has 0 saturated carbocycles. The lowest BCUT2D eigenvalue weighted by atomic mass is 10.1. The molecule has 2 N–H and O–H groups in total. The largest absolute Gasteiger partial charge is 0.393 e. The molecule has 0 radical (unpaired) electrons. The normalized spacial score (nSPS) is 11.9. The second-order valence-corrected chi connectivity index (χ2v) is 3.40. The Balaban J connectivity index is 2.45. The van der Waals surface area contributed by atoms with Crippen LogP contribution in [0, 0.1) is 0 Å². The van der Waals surface area contributed by atoms with Gasteiger partial charge in [0.25, 0.3) is 0 Å². The fourth-order valence-electron chi connectivity index (χ4n) is 1.46. The van der Waals surface area contributed by atoms with Crippen LogP contribution in [0.5, 0.6) is 0 Å². The third kappa shape index (κ3) is 2.21. The number of rotatable bonds is 1. The molecule has 1 aromatic carbocycles. The molecule has 0 atom stereocenters. The van der Waals surface area contributed by atoms with Crippen molar-refractivity contribution >= 4 is 16.7 Å². The van der Waals surface area contributed by atoms with Crippen LogP contribution in [0.4, 0.5) is 19.0 Å². The Morgan fingerprint density at radius 3 is 2.62 bits per heavy atom. The van der Waals surface area contributed by atoms with Crippen LogP contribution in [0.3, 0.4) is 0 Å². The van der Waals surface area contributed by atoms with Gasteiger partial charge in [-0.3, -0.25) is 0 Å². The van der Waals surface area contributed by atoms with E-state index in [1.807, 2.05) is 0 Å². The van der Waals surface area contributed by atoms with Crippen LogP contribution in [0.1, 0.15) is 5.56 Å². The number of alkyl halides is 3. The molecule has 0 aliphatic carbocycles. The summed E-state index contributed by atoms with van der Waals surface area (Å²) >= 11 is 0. The van der Waals surface area contributed by atoms with Gasteiger partial charge in [-0.1, -0.05) is 6.07 Å². The molecule has 0 saturated heterocycles. The summed E-state index contributed by atoms with van der Waals surface area (Å²) in [5.74, 6) is 0.267. The lowest BCUT2D eigenvalue weighted by Gasteiger charge is -2.07. The molecule has 1 aromatic heterocycles. The Labute approximate surface area is 89.1 Å². The Morgan fingerprint density at radius 1 is 1.19 bits per heavy atom. The number of fused-ring (bicyclic) bond motifs is 1. The van der Waals surface area contributed by atoms with Crippen molar-refractivity contribution in [3.63, 3.8) is 0 Å². The first-order chi connectivity index (χ1) is 7.46. The van der Waals surface area contributed by atoms with Crippen molar-refractivity contribution in [2.24, 2.45) is 0 Å². The van der Waals surface area contributed by atoms with Crippen molar-refractivity contribution < 1.29 is 13.2 Å². The summed E-state index contributed by atoms with van der Waals surface area (Å²) < 4.78 is 36.5. The number of benzene rings is 1. The summed E-state index contributed by atoms with van der Waals surface area (Å²) in [7, 11) is 0. The van der Waals surface area contributed by atoms with E-state index in [0.29, 0.717) is 10.9 Å². The minimum Gasteiger partial charge on any atom is -0.383 e. The van der Waals surface area contributed by atoms with Crippen molar-refractivity contribution in [3.05, 3.63) is 30.1 Å². The van der Waals surface area contributed by atoms with Gasteiger partial charge in [-0.05, 0) is 17.7 Å². The number of aromatic nitrogens is 2. The van der Waals surface area contributed by atoms with Crippen LogP contribution in [0.15, 0.2) is 24.5 Å². The molecule has 84 valence electrons. The first-order valence-corrected chi connectivity index (χ1v) is 4.51. The molecule has 2 aromatic rings. The molecule has 3 nitrogen and oxygen atoms in total. The van der Waals surface area contributed by atoms with Gasteiger partial charge in [0.2, 0.25) is 0 Å². The van der Waals surface area contributed by atoms with Gasteiger partial charge in [0.05, 0.1) is 11.9 Å². The molecule has 0 bridgehead atoms. The lowest BCUT2D eigenvalue weighted by molar-refractivity contribution is -0.127. The Morgan fingerprint density at radius 2 is 1.94 bits per heavy atom. The van der Waals surface area contributed by atoms with E-state index in [2.05, 4.69) is 9.97 Å². The zero-order valence-corrected chi connectivity index (χ0v) is 8.12. The fraction of sp³-hybridized carbons (Fsp3) is 0.200. The number of hydrogen-bond donors (Lipinski definition) is 1. The predicted octanol–water partition coefficient (Wildman–Crippen LogP) is 2.32. The number of nitrogen functional groups attached to an aromatic ring is 1. The maximum Gasteiger partial charge on any atom is 0.393 e. The third-order valence-corrected chi connectivity index (χ3v) is 2.14. The van der Waals surface area contributed by atoms with E-state index in [-0.39, 0.29) is 11.4 Å². The van der Waals surface area contributed by atoms with Crippen LogP contribution in [-0.4, -0.2) is 16.1 Å². The SMILES string of the molecule is Nc1ncnc2cc(CC(F)(F)F)ccc12. The molecule has 0 unspecified atom stereocenters. The second-order valence-electron chi connectivity index (χ2n) is 3.40. The number of anilines is 1. The Bertz CT molecular complexity index is 522. The van der Waals surface area contributed by atoms with Crippen molar-refractivity contribution in [2.75, 3.05) is 5.73 Å². The van der Waals surface area contributed by atoms with Gasteiger partial charge in [-0.15, -0.1) is 0 Å². The van der Waals surface area contributed by atoms with E-state index in [9.17, 15) is 13.2 Å². The first kappa shape index (κ1) is 10.7. The molecular formula is C10H8F3N3. The smallest absolute Gasteiger partial charge is 0.383 e. The molecule has 0 spiro atoms. The van der Waals surface area contributed by atoms with Crippen molar-refractivity contribution in [1.29, 1.82) is 0 Å². The fourth-order valence-corrected chi connectivity index (χ4v) is 1.46. The third-order valence-electron chi connectivity index (χ3n) is 2.14. The monoisotopic (exact) mass is 227 g/mol. The van der Waals surface area contributed by atoms with Crippen LogP contribution >= 0.6 is 0 Å². The van der Waals surface area contributed by atoms with E-state index >= 15 is 0 Å². The summed E-state index contributed by atoms with van der Waals surface area (Å²) in [6.45, 7) is 0. The molecule has 0 aliphatic rings. The van der Waals surface area contributed by atoms with Gasteiger partial charge in [-0.25, -0.2) is 9.97 Å². The summed E-state index contributed by atoms with van der Waals surface area (Å²) in [5, 5.41) is 0.563. The molecule has 0 aliphatic heterocycles. The summed E-state index contributed by atoms with van der Waals surface area (Å²) in [6, 6.07) is 4.27. The first-order valence-electron chi connectivity index (χ1n) is 4.51. The molecule has 1 heterocycles. The number of halogens is 3. The van der Waals surface area contributed by atoms with Gasteiger partial charge in [-0.2, -0.15) is 13.2 Å². The summed E-state index contributed by atoms with van der Waals surface area (Å²) in [5.41, 5.74) is 6.15. The zero-order chi connectivity index (χ0) is 11.8. The lowest BCUT2D eigenvalue weighted by Crippen LogP contribution is -2.11. The van der Waals surface area contributed by atoms with Gasteiger partial charge in [0, 0.05) is 5.39 Å². The second kappa shape index (κ2) is 3.62. The van der Waals surface area contributed by atoms with Gasteiger partial charge in [0.1, 0.15) is 12.1 Å². The highest BCUT2D eigenvalue weighted by Gasteiger charge is 2.27. The van der Waals surface area contributed by atoms with Gasteiger partial charge >= 0.3 is 6.18 Å². The average molecular weight is 227 g/mol. The van der Waals surface area contributed by atoms with Crippen molar-refractivity contribution in [2.45, 2.75) is 12.6 Å². The minimum atomic E-state index is -4.22.